The molecule has 0 unspecified atom stereocenters. The van der Waals surface area contributed by atoms with Crippen LogP contribution in [0.25, 0.3) is 0 Å². The summed E-state index contributed by atoms with van der Waals surface area (Å²) in [5, 5.41) is 11.9. The van der Waals surface area contributed by atoms with Gasteiger partial charge in [0, 0.05) is 12.5 Å². The van der Waals surface area contributed by atoms with Gasteiger partial charge in [0.15, 0.2) is 11.6 Å². The molecule has 2 aromatic carbocycles. The Hall–Kier alpha value is -2.96. The number of hydrogen-bond donors (Lipinski definition) is 2. The highest BCUT2D eigenvalue weighted by molar-refractivity contribution is 5.91. The number of nitrogens with one attached hydrogen (secondary N) is 1. The summed E-state index contributed by atoms with van der Waals surface area (Å²) in [6, 6.07) is 8.32. The number of aromatic carboxylic acids is 1. The predicted octanol–water partition coefficient (Wildman–Crippen LogP) is 3.09. The van der Waals surface area contributed by atoms with Crippen LogP contribution >= 0.6 is 0 Å². The summed E-state index contributed by atoms with van der Waals surface area (Å²) in [7, 11) is 1.38. The zero-order chi connectivity index (χ0) is 18.8. The summed E-state index contributed by atoms with van der Waals surface area (Å²) < 4.78 is 31.3. The Morgan fingerprint density at radius 2 is 1.96 bits per heavy atom. The second-order valence-corrected chi connectivity index (χ2v) is 6.18. The molecule has 0 radical (unpaired) electrons. The first-order valence-electron chi connectivity index (χ1n) is 8.03. The molecule has 1 aliphatic carbocycles. The van der Waals surface area contributed by atoms with E-state index in [4.69, 9.17) is 4.74 Å². The van der Waals surface area contributed by atoms with Gasteiger partial charge in [0.2, 0.25) is 5.91 Å². The Kier molecular flexibility index (Phi) is 4.88. The Morgan fingerprint density at radius 3 is 2.62 bits per heavy atom. The summed E-state index contributed by atoms with van der Waals surface area (Å²) in [4.78, 5) is 23.5. The molecular weight excluding hydrogens is 344 g/mol. The molecule has 1 aliphatic rings. The van der Waals surface area contributed by atoms with E-state index in [2.05, 4.69) is 5.32 Å². The molecule has 0 bridgehead atoms. The van der Waals surface area contributed by atoms with Crippen molar-refractivity contribution >= 4 is 11.9 Å². The van der Waals surface area contributed by atoms with Gasteiger partial charge in [0.25, 0.3) is 0 Å². The number of amides is 1. The maximum Gasteiger partial charge on any atom is 0.339 e. The molecule has 2 atom stereocenters. The fourth-order valence-electron chi connectivity index (χ4n) is 2.95. The highest BCUT2D eigenvalue weighted by Gasteiger charge is 2.44. The van der Waals surface area contributed by atoms with Crippen LogP contribution in [0.2, 0.25) is 0 Å². The number of carbonyl (C=O) groups is 2. The number of carbonyl (C=O) groups excluding carboxylic acids is 1. The van der Waals surface area contributed by atoms with Crippen molar-refractivity contribution in [3.63, 3.8) is 0 Å². The molecule has 5 nitrogen and oxygen atoms in total. The van der Waals surface area contributed by atoms with Crippen LogP contribution in [0, 0.1) is 17.6 Å². The number of rotatable bonds is 6. The highest BCUT2D eigenvalue weighted by atomic mass is 19.2. The van der Waals surface area contributed by atoms with Crippen LogP contribution in [-0.2, 0) is 11.3 Å². The summed E-state index contributed by atoms with van der Waals surface area (Å²) in [6.45, 7) is 0.171. The normalized spacial score (nSPS) is 18.3. The molecule has 1 saturated carbocycles. The summed E-state index contributed by atoms with van der Waals surface area (Å²) in [5.41, 5.74) is 1.24. The van der Waals surface area contributed by atoms with Crippen molar-refractivity contribution < 1.29 is 28.2 Å². The second-order valence-electron chi connectivity index (χ2n) is 6.18. The highest BCUT2D eigenvalue weighted by Crippen LogP contribution is 2.47. The molecule has 1 amide bonds. The molecule has 2 aromatic rings. The quantitative estimate of drug-likeness (QED) is 0.829. The lowest BCUT2D eigenvalue weighted by Crippen LogP contribution is -2.25. The Balaban J connectivity index is 1.61. The van der Waals surface area contributed by atoms with Gasteiger partial charge in [0.1, 0.15) is 11.3 Å². The van der Waals surface area contributed by atoms with Gasteiger partial charge in [-0.05, 0) is 47.7 Å². The number of carboxylic acids is 1. The van der Waals surface area contributed by atoms with E-state index in [-0.39, 0.29) is 35.6 Å². The van der Waals surface area contributed by atoms with Crippen molar-refractivity contribution in [1.29, 1.82) is 0 Å². The minimum Gasteiger partial charge on any atom is -0.496 e. The van der Waals surface area contributed by atoms with Gasteiger partial charge in [-0.1, -0.05) is 12.1 Å². The fourth-order valence-corrected chi connectivity index (χ4v) is 2.95. The smallest absolute Gasteiger partial charge is 0.339 e. The standard InChI is InChI=1S/C19H17F2NO4/c1-26-17-5-2-10(6-14(17)19(24)25)9-22-18(23)13-8-12(13)11-3-4-15(20)16(21)7-11/h2-7,12-13H,8-9H2,1H3,(H,22,23)(H,24,25)/t12-,13-/m1/s1. The minimum absolute atomic E-state index is 0.0188. The monoisotopic (exact) mass is 361 g/mol. The summed E-state index contributed by atoms with van der Waals surface area (Å²) >= 11 is 0. The third-order valence-electron chi connectivity index (χ3n) is 4.46. The SMILES string of the molecule is COc1ccc(CNC(=O)[C@@H]2C[C@@H]2c2ccc(F)c(F)c2)cc1C(=O)O. The Morgan fingerprint density at radius 1 is 1.19 bits per heavy atom. The topological polar surface area (TPSA) is 75.6 Å². The maximum absolute atomic E-state index is 13.3. The third kappa shape index (κ3) is 3.66. The van der Waals surface area contributed by atoms with Crippen LogP contribution in [0.15, 0.2) is 36.4 Å². The molecular formula is C19H17F2NO4. The molecule has 3 rings (SSSR count). The van der Waals surface area contributed by atoms with E-state index >= 15 is 0 Å². The van der Waals surface area contributed by atoms with E-state index in [1.807, 2.05) is 0 Å². The molecule has 1 fully saturated rings. The first kappa shape index (κ1) is 17.8. The molecule has 0 aliphatic heterocycles. The number of halogens is 2. The van der Waals surface area contributed by atoms with Gasteiger partial charge in [-0.3, -0.25) is 4.79 Å². The molecule has 0 spiro atoms. The van der Waals surface area contributed by atoms with E-state index in [0.717, 1.165) is 12.1 Å². The largest absolute Gasteiger partial charge is 0.496 e. The third-order valence-corrected chi connectivity index (χ3v) is 4.46. The van der Waals surface area contributed by atoms with Gasteiger partial charge < -0.3 is 15.2 Å². The van der Waals surface area contributed by atoms with Crippen molar-refractivity contribution in [1.82, 2.24) is 5.32 Å². The first-order valence-corrected chi connectivity index (χ1v) is 8.03. The van der Waals surface area contributed by atoms with Crippen LogP contribution in [0.1, 0.15) is 33.8 Å². The van der Waals surface area contributed by atoms with Gasteiger partial charge in [-0.25, -0.2) is 13.6 Å². The fraction of sp³-hybridized carbons (Fsp3) is 0.263. The van der Waals surface area contributed by atoms with Crippen molar-refractivity contribution in [3.8, 4) is 5.75 Å². The van der Waals surface area contributed by atoms with Gasteiger partial charge in [-0.15, -0.1) is 0 Å². The Labute approximate surface area is 148 Å². The van der Waals surface area contributed by atoms with Crippen molar-refractivity contribution in [3.05, 3.63) is 64.7 Å². The molecule has 2 N–H and O–H groups in total. The Bertz CT molecular complexity index is 869. The van der Waals surface area contributed by atoms with E-state index in [9.17, 15) is 23.5 Å². The average molecular weight is 361 g/mol. The van der Waals surface area contributed by atoms with E-state index in [0.29, 0.717) is 17.5 Å². The van der Waals surface area contributed by atoms with E-state index in [1.165, 1.54) is 25.3 Å². The first-order chi connectivity index (χ1) is 12.4. The van der Waals surface area contributed by atoms with Gasteiger partial charge >= 0.3 is 5.97 Å². The molecule has 0 aromatic heterocycles. The number of ether oxygens (including phenoxy) is 1. The molecule has 0 heterocycles. The lowest BCUT2D eigenvalue weighted by molar-refractivity contribution is -0.122. The summed E-state index contributed by atoms with van der Waals surface area (Å²) in [6.07, 6.45) is 0.569. The lowest BCUT2D eigenvalue weighted by atomic mass is 10.1. The van der Waals surface area contributed by atoms with Crippen LogP contribution in [0.3, 0.4) is 0 Å². The van der Waals surface area contributed by atoms with Crippen LogP contribution in [-0.4, -0.2) is 24.1 Å². The van der Waals surface area contributed by atoms with Gasteiger partial charge in [0.05, 0.1) is 7.11 Å². The lowest BCUT2D eigenvalue weighted by Gasteiger charge is -2.09. The minimum atomic E-state index is -1.12. The van der Waals surface area contributed by atoms with E-state index in [1.54, 1.807) is 6.07 Å². The number of carboxylic acid groups (broad SMARTS) is 1. The zero-order valence-corrected chi connectivity index (χ0v) is 14.0. The van der Waals surface area contributed by atoms with Gasteiger partial charge in [-0.2, -0.15) is 0 Å². The van der Waals surface area contributed by atoms with E-state index < -0.39 is 17.6 Å². The second kappa shape index (κ2) is 7.11. The molecule has 7 heteroatoms. The van der Waals surface area contributed by atoms with Crippen LogP contribution in [0.5, 0.6) is 5.75 Å². The number of methoxy groups -OCH3 is 1. The predicted molar refractivity (Wildman–Crippen MR) is 89.0 cm³/mol. The number of benzene rings is 2. The zero-order valence-electron chi connectivity index (χ0n) is 14.0. The average Bonchev–Trinajstić information content (AvgIpc) is 3.42. The van der Waals surface area contributed by atoms with Crippen molar-refractivity contribution in [2.24, 2.45) is 5.92 Å². The van der Waals surface area contributed by atoms with Crippen molar-refractivity contribution in [2.75, 3.05) is 7.11 Å². The van der Waals surface area contributed by atoms with Crippen LogP contribution in [0.4, 0.5) is 8.78 Å². The summed E-state index contributed by atoms with van der Waals surface area (Å²) in [5.74, 6) is -3.33. The maximum atomic E-state index is 13.3. The molecule has 136 valence electrons. The van der Waals surface area contributed by atoms with Crippen LogP contribution < -0.4 is 10.1 Å². The molecule has 26 heavy (non-hydrogen) atoms. The molecule has 0 saturated heterocycles. The number of hydrogen-bond acceptors (Lipinski definition) is 3. The van der Waals surface area contributed by atoms with Crippen molar-refractivity contribution in [2.45, 2.75) is 18.9 Å².